The first-order valence-electron chi connectivity index (χ1n) is 13.6. The van der Waals surface area contributed by atoms with Crippen LogP contribution in [-0.2, 0) is 13.1 Å². The van der Waals surface area contributed by atoms with Crippen molar-refractivity contribution in [3.05, 3.63) is 81.5 Å². The molecule has 1 aliphatic heterocycles. The van der Waals surface area contributed by atoms with E-state index in [1.54, 1.807) is 0 Å². The second-order valence-corrected chi connectivity index (χ2v) is 10.0. The Hall–Kier alpha value is -4.43. The number of aliphatic imine (C=N–C) groups is 1. The molecule has 0 atom stereocenters. The fourth-order valence-corrected chi connectivity index (χ4v) is 4.60. The van der Waals surface area contributed by atoms with Gasteiger partial charge in [0.15, 0.2) is 17.6 Å². The van der Waals surface area contributed by atoms with Gasteiger partial charge in [0, 0.05) is 56.6 Å². The lowest BCUT2D eigenvalue weighted by atomic mass is 10.0. The van der Waals surface area contributed by atoms with E-state index < -0.39 is 29.0 Å². The maximum atomic E-state index is 14.0. The smallest absolute Gasteiger partial charge is 0.321 e. The van der Waals surface area contributed by atoms with Gasteiger partial charge in [0.2, 0.25) is 5.95 Å². The van der Waals surface area contributed by atoms with Gasteiger partial charge in [0.25, 0.3) is 5.56 Å². The third-order valence-electron chi connectivity index (χ3n) is 6.84. The van der Waals surface area contributed by atoms with Gasteiger partial charge >= 0.3 is 6.03 Å². The van der Waals surface area contributed by atoms with Crippen LogP contribution in [-0.4, -0.2) is 59.1 Å². The van der Waals surface area contributed by atoms with Crippen LogP contribution in [0.2, 0.25) is 0 Å². The number of nitrogens with zero attached hydrogens (tertiary/aromatic N) is 3. The van der Waals surface area contributed by atoms with E-state index in [1.807, 2.05) is 29.2 Å². The van der Waals surface area contributed by atoms with Crippen LogP contribution in [0.4, 0.5) is 23.9 Å². The Kier molecular flexibility index (Phi) is 10.5. The molecule has 4 rings (SSSR count). The molecule has 0 bridgehead atoms. The highest BCUT2D eigenvalue weighted by Gasteiger charge is 2.22. The van der Waals surface area contributed by atoms with E-state index in [-0.39, 0.29) is 30.1 Å². The maximum absolute atomic E-state index is 14.0. The molecule has 224 valence electrons. The number of carbonyl (C=O) groups excluding carboxylic acids is 1. The Morgan fingerprint density at radius 3 is 2.48 bits per heavy atom. The molecule has 2 aromatic carbocycles. The number of nitrogens with one attached hydrogen (secondary N) is 4. The molecule has 1 fully saturated rings. The minimum absolute atomic E-state index is 0.00837. The molecule has 2 amide bonds. The predicted molar refractivity (Wildman–Crippen MR) is 154 cm³/mol. The first-order chi connectivity index (χ1) is 20.2. The van der Waals surface area contributed by atoms with Crippen LogP contribution in [0, 0.1) is 17.5 Å². The van der Waals surface area contributed by atoms with Gasteiger partial charge in [-0.1, -0.05) is 24.3 Å². The Bertz CT molecular complexity index is 1450. The summed E-state index contributed by atoms with van der Waals surface area (Å²) >= 11 is 0. The second kappa shape index (κ2) is 14.5. The number of aromatic amines is 1. The summed E-state index contributed by atoms with van der Waals surface area (Å²) in [6.07, 6.45) is 3.36. The highest BCUT2D eigenvalue weighted by atomic mass is 19.2. The molecule has 2 heterocycles. The summed E-state index contributed by atoms with van der Waals surface area (Å²) in [5.41, 5.74) is 12.4. The van der Waals surface area contributed by atoms with Crippen molar-refractivity contribution in [2.75, 3.05) is 31.5 Å². The van der Waals surface area contributed by atoms with Gasteiger partial charge < -0.3 is 22.1 Å². The predicted octanol–water partition coefficient (Wildman–Crippen LogP) is 2.39. The Balaban J connectivity index is 1.22. The zero-order chi connectivity index (χ0) is 30.1. The largest absolute Gasteiger partial charge is 0.370 e. The molecule has 1 saturated heterocycles. The van der Waals surface area contributed by atoms with E-state index in [1.165, 1.54) is 6.20 Å². The van der Waals surface area contributed by atoms with Gasteiger partial charge in [-0.15, -0.1) is 0 Å². The van der Waals surface area contributed by atoms with E-state index in [2.05, 4.69) is 30.9 Å². The number of piperidine rings is 1. The fourth-order valence-electron chi connectivity index (χ4n) is 4.60. The van der Waals surface area contributed by atoms with E-state index in [9.17, 15) is 22.8 Å². The highest BCUT2D eigenvalue weighted by Crippen LogP contribution is 2.19. The number of hydrogen-bond acceptors (Lipinski definition) is 6. The number of nitrogens with two attached hydrogens (primary N) is 2. The summed E-state index contributed by atoms with van der Waals surface area (Å²) in [4.78, 5) is 37.8. The number of likely N-dealkylation sites (tertiary alicyclic amines) is 1. The molecular formula is C28H34F3N9O2. The highest BCUT2D eigenvalue weighted by molar-refractivity contribution is 5.87. The molecule has 0 unspecified atom stereocenters. The number of hydrogen-bond donors (Lipinski definition) is 6. The first-order valence-corrected chi connectivity index (χ1v) is 13.6. The lowest BCUT2D eigenvalue weighted by Crippen LogP contribution is -2.46. The molecule has 0 spiro atoms. The summed E-state index contributed by atoms with van der Waals surface area (Å²) in [7, 11) is 0. The van der Waals surface area contributed by atoms with Crippen LogP contribution in [0.15, 0.2) is 52.4 Å². The van der Waals surface area contributed by atoms with Gasteiger partial charge in [-0.2, -0.15) is 0 Å². The lowest BCUT2D eigenvalue weighted by molar-refractivity contribution is 0.188. The molecule has 42 heavy (non-hydrogen) atoms. The number of rotatable bonds is 11. The van der Waals surface area contributed by atoms with Crippen LogP contribution in [0.5, 0.6) is 0 Å². The van der Waals surface area contributed by atoms with Crippen LogP contribution in [0.3, 0.4) is 0 Å². The molecular weight excluding hydrogens is 551 g/mol. The maximum Gasteiger partial charge on any atom is 0.321 e. The van der Waals surface area contributed by atoms with Crippen molar-refractivity contribution < 1.29 is 18.0 Å². The van der Waals surface area contributed by atoms with Crippen molar-refractivity contribution in [2.45, 2.75) is 38.4 Å². The Morgan fingerprint density at radius 1 is 1.07 bits per heavy atom. The van der Waals surface area contributed by atoms with Crippen LogP contribution >= 0.6 is 0 Å². The molecule has 0 aliphatic carbocycles. The number of amides is 2. The van der Waals surface area contributed by atoms with E-state index in [0.717, 1.165) is 24.6 Å². The summed E-state index contributed by atoms with van der Waals surface area (Å²) in [6.45, 7) is 3.16. The van der Waals surface area contributed by atoms with Crippen LogP contribution < -0.4 is 33.0 Å². The zero-order valence-electron chi connectivity index (χ0n) is 22.9. The number of carbonyl (C=O) groups is 1. The number of anilines is 1. The minimum atomic E-state index is -1.22. The van der Waals surface area contributed by atoms with Crippen molar-refractivity contribution in [3.8, 4) is 11.1 Å². The van der Waals surface area contributed by atoms with Crippen molar-refractivity contribution in [1.29, 1.82) is 0 Å². The Labute approximate surface area is 240 Å². The van der Waals surface area contributed by atoms with Gasteiger partial charge in [-0.3, -0.25) is 25.0 Å². The first kappa shape index (κ1) is 30.5. The molecule has 0 saturated carbocycles. The van der Waals surface area contributed by atoms with E-state index in [0.29, 0.717) is 56.2 Å². The lowest BCUT2D eigenvalue weighted by Gasteiger charge is -2.32. The van der Waals surface area contributed by atoms with Gasteiger partial charge in [-0.25, -0.2) is 22.9 Å². The van der Waals surface area contributed by atoms with Crippen LogP contribution in [0.25, 0.3) is 11.1 Å². The van der Waals surface area contributed by atoms with Gasteiger partial charge in [-0.05, 0) is 43.0 Å². The quantitative estimate of drug-likeness (QED) is 0.0870. The topological polar surface area (TPSA) is 167 Å². The van der Waals surface area contributed by atoms with Crippen molar-refractivity contribution in [2.24, 2.45) is 16.5 Å². The van der Waals surface area contributed by atoms with Crippen LogP contribution in [0.1, 0.15) is 30.4 Å². The van der Waals surface area contributed by atoms with Gasteiger partial charge in [0.1, 0.15) is 5.82 Å². The molecule has 0 radical (unpaired) electrons. The second-order valence-electron chi connectivity index (χ2n) is 10.0. The number of benzene rings is 2. The normalized spacial score (nSPS) is 14.0. The van der Waals surface area contributed by atoms with Gasteiger partial charge in [0.05, 0.1) is 5.56 Å². The molecule has 8 N–H and O–H groups in total. The summed E-state index contributed by atoms with van der Waals surface area (Å²) < 4.78 is 40.6. The Morgan fingerprint density at radius 2 is 1.79 bits per heavy atom. The number of halogens is 3. The summed E-state index contributed by atoms with van der Waals surface area (Å²) in [6, 6.07) is 8.22. The van der Waals surface area contributed by atoms with Crippen molar-refractivity contribution in [3.63, 3.8) is 0 Å². The zero-order valence-corrected chi connectivity index (χ0v) is 22.9. The number of H-pyrrole nitrogens is 1. The van der Waals surface area contributed by atoms with E-state index in [4.69, 9.17) is 11.5 Å². The average molecular weight is 586 g/mol. The minimum Gasteiger partial charge on any atom is -0.370 e. The third-order valence-corrected chi connectivity index (χ3v) is 6.84. The molecule has 14 heteroatoms. The summed E-state index contributed by atoms with van der Waals surface area (Å²) in [5, 5.41) is 8.68. The molecule has 1 aromatic heterocycles. The standard InChI is InChI=1S/C28H34F3N9O2/c29-22-13-24(31)23(30)12-19(22)16-40-10-6-20(7-11-40)37-28(42)39-27-36-15-21(25(41)38-27)18-4-2-17(3-5-18)14-34-8-1-9-35-26(32)33/h2-5,12-13,15,20,34H,1,6-11,14,16H2,(H4,32,33,35)(H3,36,37,38,39,41,42). The fraction of sp³-hybridized carbons (Fsp3) is 0.357. The molecule has 3 aromatic rings. The number of aromatic nitrogens is 2. The number of urea groups is 1. The molecule has 1 aliphatic rings. The monoisotopic (exact) mass is 585 g/mol. The SMILES string of the molecule is NC(N)=NCCCNCc1ccc(-c2cnc(NC(=O)NC3CCN(Cc4cc(F)c(F)cc4F)CC3)[nH]c2=O)cc1. The van der Waals surface area contributed by atoms with Crippen molar-refractivity contribution in [1.82, 2.24) is 25.5 Å². The average Bonchev–Trinajstić information content (AvgIpc) is 2.95. The van der Waals surface area contributed by atoms with E-state index >= 15 is 0 Å². The third kappa shape index (κ3) is 8.78. The number of guanidine groups is 1. The molecule has 11 nitrogen and oxygen atoms in total. The summed E-state index contributed by atoms with van der Waals surface area (Å²) in [5.74, 6) is -3.01. The van der Waals surface area contributed by atoms with Crippen molar-refractivity contribution >= 4 is 17.9 Å².